The van der Waals surface area contributed by atoms with E-state index < -0.39 is 53.4 Å². The summed E-state index contributed by atoms with van der Waals surface area (Å²) in [6.07, 6.45) is 0. The summed E-state index contributed by atoms with van der Waals surface area (Å²) >= 11 is 0. The van der Waals surface area contributed by atoms with E-state index in [1.54, 1.807) is 30.3 Å². The molecule has 1 N–H and O–H groups in total. The number of nitro benzene ring substituents is 2. The van der Waals surface area contributed by atoms with Crippen LogP contribution in [0.2, 0.25) is 0 Å². The van der Waals surface area contributed by atoms with Crippen molar-refractivity contribution in [2.24, 2.45) is 20.5 Å². The number of azo groups is 2. The van der Waals surface area contributed by atoms with E-state index in [2.05, 4.69) is 30.7 Å². The molecule has 22 heteroatoms. The second-order valence-electron chi connectivity index (χ2n) is 10.1. The maximum Gasteiger partial charge on any atom is 2.00 e. The van der Waals surface area contributed by atoms with Crippen LogP contribution in [-0.4, -0.2) is 27.9 Å². The molecule has 1 aromatic heterocycles. The van der Waals surface area contributed by atoms with E-state index in [1.807, 2.05) is 0 Å². The minimum atomic E-state index is -5.11. The number of aromatic nitrogens is 2. The van der Waals surface area contributed by atoms with Crippen LogP contribution in [-0.2, 0) is 27.5 Å². The van der Waals surface area contributed by atoms with Gasteiger partial charge >= 0.3 is 48.3 Å². The fraction of sp³-hybridized carbons (Fsp3) is 0.0333. The smallest absolute Gasteiger partial charge is 0.871 e. The summed E-state index contributed by atoms with van der Waals surface area (Å²) in [7, 11) is -5.11. The van der Waals surface area contributed by atoms with E-state index >= 15 is 0 Å². The van der Waals surface area contributed by atoms with Crippen molar-refractivity contribution >= 4 is 65.8 Å². The molecule has 6 rings (SSSR count). The molecule has 52 heavy (non-hydrogen) atoms. The summed E-state index contributed by atoms with van der Waals surface area (Å²) in [5.41, 5.74) is -1.61. The molecule has 0 radical (unpaired) electrons. The molecule has 258 valence electrons. The van der Waals surface area contributed by atoms with E-state index in [4.69, 9.17) is 0 Å². The Morgan fingerprint density at radius 2 is 1.29 bits per heavy atom. The molecule has 0 unspecified atom stereocenters. The fourth-order valence-electron chi connectivity index (χ4n) is 4.53. The van der Waals surface area contributed by atoms with Crippen LogP contribution in [0.25, 0.3) is 21.5 Å². The van der Waals surface area contributed by atoms with Gasteiger partial charge in [-0.25, -0.2) is 8.42 Å². The van der Waals surface area contributed by atoms with Gasteiger partial charge in [0, 0.05) is 40.4 Å². The van der Waals surface area contributed by atoms with Crippen LogP contribution < -0.4 is 55.5 Å². The first-order valence-electron chi connectivity index (χ1n) is 13.7. The predicted molar refractivity (Wildman–Crippen MR) is 169 cm³/mol. The average Bonchev–Trinajstić information content (AvgIpc) is 3.39. The summed E-state index contributed by atoms with van der Waals surface area (Å²) in [4.78, 5) is 30.6. The first-order chi connectivity index (χ1) is 23.6. The van der Waals surface area contributed by atoms with Crippen LogP contribution in [0.15, 0.2) is 109 Å². The van der Waals surface area contributed by atoms with Gasteiger partial charge in [0.1, 0.15) is 15.8 Å². The first-order valence-corrected chi connectivity index (χ1v) is 15.1. The average molecular weight is 774 g/mol. The molecule has 0 bridgehead atoms. The predicted octanol–water partition coefficient (Wildman–Crippen LogP) is 1.52. The topological polar surface area (TPSA) is 309 Å². The monoisotopic (exact) mass is 773 g/mol. The number of nitro groups is 2. The quantitative estimate of drug-likeness (QED) is 0.0794. The molecule has 0 saturated heterocycles. The van der Waals surface area contributed by atoms with Crippen molar-refractivity contribution < 1.29 is 86.5 Å². The second kappa shape index (κ2) is 16.7. The number of benzene rings is 5. The van der Waals surface area contributed by atoms with Gasteiger partial charge < -0.3 is 30.1 Å². The second-order valence-corrected chi connectivity index (χ2v) is 11.4. The Hall–Kier alpha value is -5.53. The molecule has 0 atom stereocenters. The Kier molecular flexibility index (Phi) is 13.1. The third kappa shape index (κ3) is 8.85. The van der Waals surface area contributed by atoms with Crippen LogP contribution in [0.1, 0.15) is 7.12 Å². The van der Waals surface area contributed by atoms with E-state index in [1.165, 1.54) is 13.0 Å². The summed E-state index contributed by atoms with van der Waals surface area (Å²) in [5.74, 6) is -1.91. The summed E-state index contributed by atoms with van der Waals surface area (Å²) in [6.45, 7) is 1.54. The zero-order chi connectivity index (χ0) is 36.3. The van der Waals surface area contributed by atoms with Crippen molar-refractivity contribution in [2.45, 2.75) is 11.8 Å². The number of hydrogen-bond donors (Lipinski definition) is 1. The van der Waals surface area contributed by atoms with Crippen LogP contribution in [0, 0.1) is 27.2 Å². The number of rotatable bonds is 7. The molecule has 5 aromatic carbocycles. The molecular weight excluding hydrogens is 755 g/mol. The SMILES string of the molecule is Cc1[n-][nH]c(=O)c1N=Nc1cc([N+](=O)[O-])ccc1[O-].O=[N+]([O-])c1ccc2c(N=Nc3c([O-])ccc4ccccc34)c([O-])cc(S(=O)(=O)[O-])c2c1.[Cr+2].[H+].[Na+]. The molecule has 0 spiro atoms. The minimum absolute atomic E-state index is 0. The van der Waals surface area contributed by atoms with E-state index in [9.17, 15) is 53.3 Å². The molecule has 6 aromatic rings. The maximum atomic E-state index is 12.5. The van der Waals surface area contributed by atoms with Crippen LogP contribution >= 0.6 is 0 Å². The van der Waals surface area contributed by atoms with E-state index in [0.29, 0.717) is 22.5 Å². The largest absolute Gasteiger partial charge is 2.00 e. The number of fused-ring (bicyclic) bond motifs is 2. The standard InChI is InChI=1S/C20H13N3O7S.C10H9N5O4.Cr.Na/c24-16-8-5-11-3-1-2-4-13(11)19(16)21-22-20-14-7-6-12(23(26)27)9-15(14)18(10-17(20)25)31(28,29)30;1-5-9(10(17)14-11-5)13-12-7-4-6(15(18)19)2-3-8(7)16;;/h1-10,24-25H,(H,28,29,30);2-4H,1H3,(H3,11,12,13,14,16,17);;/q;;+2;+1/p-4. The number of nitrogens with one attached hydrogen (secondary N) is 1. The van der Waals surface area contributed by atoms with Crippen LogP contribution in [0.4, 0.5) is 34.1 Å². The number of nitrogens with zero attached hydrogens (tertiary/aromatic N) is 7. The summed E-state index contributed by atoms with van der Waals surface area (Å²) < 4.78 is 34.8. The number of aromatic amines is 1. The molecular formula is C30H18CrN8NaO11S-. The normalized spacial score (nSPS) is 11.2. The van der Waals surface area contributed by atoms with Crippen molar-refractivity contribution in [1.29, 1.82) is 0 Å². The molecule has 1 heterocycles. The number of aryl methyl sites for hydroxylation is 1. The van der Waals surface area contributed by atoms with Gasteiger partial charge in [0.05, 0.1) is 31.8 Å². The summed E-state index contributed by atoms with van der Waals surface area (Å²) in [5, 5.41) is 79.4. The third-order valence-electron chi connectivity index (χ3n) is 6.91. The molecule has 0 aliphatic carbocycles. The molecule has 0 fully saturated rings. The molecule has 0 saturated carbocycles. The maximum absolute atomic E-state index is 12.5. The molecule has 0 aliphatic heterocycles. The van der Waals surface area contributed by atoms with Gasteiger partial charge in [0.25, 0.3) is 16.9 Å². The Balaban J connectivity index is 0.000000384. The number of H-pyrrole nitrogens is 1. The number of non-ortho nitro benzene ring substituents is 2. The third-order valence-corrected chi connectivity index (χ3v) is 7.78. The van der Waals surface area contributed by atoms with Crippen molar-refractivity contribution in [3.8, 4) is 17.2 Å². The van der Waals surface area contributed by atoms with Crippen LogP contribution in [0.3, 0.4) is 0 Å². The Labute approximate surface area is 325 Å². The number of hydrogen-bond acceptors (Lipinski definition) is 15. The zero-order valence-corrected chi connectivity index (χ0v) is 30.5. The summed E-state index contributed by atoms with van der Waals surface area (Å²) in [6, 6.07) is 16.4. The Morgan fingerprint density at radius 3 is 1.90 bits per heavy atom. The van der Waals surface area contributed by atoms with E-state index in [-0.39, 0.29) is 87.6 Å². The minimum Gasteiger partial charge on any atom is -0.871 e. The van der Waals surface area contributed by atoms with Crippen LogP contribution in [0.5, 0.6) is 17.2 Å². The van der Waals surface area contributed by atoms with Crippen molar-refractivity contribution in [3.63, 3.8) is 0 Å². The molecule has 0 aliphatic rings. The van der Waals surface area contributed by atoms with Crippen molar-refractivity contribution in [3.05, 3.63) is 115 Å². The Bertz CT molecular complexity index is 2580. The van der Waals surface area contributed by atoms with Gasteiger partial charge in [0.15, 0.2) is 0 Å². The van der Waals surface area contributed by atoms with E-state index in [0.717, 1.165) is 36.4 Å². The first kappa shape index (κ1) is 40.9. The van der Waals surface area contributed by atoms with Crippen molar-refractivity contribution in [1.82, 2.24) is 10.2 Å². The van der Waals surface area contributed by atoms with Gasteiger partial charge in [-0.1, -0.05) is 66.6 Å². The molecule has 0 amide bonds. The van der Waals surface area contributed by atoms with Gasteiger partial charge in [0.2, 0.25) is 0 Å². The fourth-order valence-corrected chi connectivity index (χ4v) is 5.22. The van der Waals surface area contributed by atoms with Gasteiger partial charge in [-0.2, -0.15) is 15.3 Å². The van der Waals surface area contributed by atoms with Gasteiger partial charge in [-0.3, -0.25) is 25.0 Å². The van der Waals surface area contributed by atoms with Crippen molar-refractivity contribution in [2.75, 3.05) is 0 Å². The zero-order valence-electron chi connectivity index (χ0n) is 27.4. The van der Waals surface area contributed by atoms with Gasteiger partial charge in [-0.05, 0) is 17.5 Å². The molecule has 19 nitrogen and oxygen atoms in total. The Morgan fingerprint density at radius 1 is 0.712 bits per heavy atom. The van der Waals surface area contributed by atoms with Gasteiger partial charge in [-0.15, -0.1) is 10.8 Å².